The van der Waals surface area contributed by atoms with E-state index in [1.54, 1.807) is 54.1 Å². The summed E-state index contributed by atoms with van der Waals surface area (Å²) in [5.41, 5.74) is 4.06. The van der Waals surface area contributed by atoms with Crippen molar-refractivity contribution in [1.29, 1.82) is 0 Å². The molecule has 0 fully saturated rings. The quantitative estimate of drug-likeness (QED) is 0.198. The Kier molecular flexibility index (Phi) is 7.86. The molecule has 3 heterocycles. The monoisotopic (exact) mass is 624 g/mol. The summed E-state index contributed by atoms with van der Waals surface area (Å²) in [4.78, 5) is 43.6. The van der Waals surface area contributed by atoms with Crippen LogP contribution in [-0.4, -0.2) is 33.4 Å². The molecule has 11 heteroatoms. The summed E-state index contributed by atoms with van der Waals surface area (Å²) in [6.07, 6.45) is 3.66. The maximum Gasteiger partial charge on any atom is 0.338 e. The van der Waals surface area contributed by atoms with Crippen LogP contribution in [0, 0.1) is 0 Å². The molecule has 0 radical (unpaired) electrons. The first-order chi connectivity index (χ1) is 21.2. The molecule has 9 nitrogen and oxygen atoms in total. The Morgan fingerprint density at radius 2 is 1.70 bits per heavy atom. The number of carbonyl (C=O) groups is 2. The zero-order valence-corrected chi connectivity index (χ0v) is 25.4. The molecule has 0 aliphatic carbocycles. The lowest BCUT2D eigenvalue weighted by molar-refractivity contribution is -0.136. The van der Waals surface area contributed by atoms with Gasteiger partial charge in [0.2, 0.25) is 0 Å². The van der Waals surface area contributed by atoms with Crippen LogP contribution in [0.5, 0.6) is 5.75 Å². The molecule has 0 bridgehead atoms. The van der Waals surface area contributed by atoms with Gasteiger partial charge < -0.3 is 9.47 Å². The van der Waals surface area contributed by atoms with Gasteiger partial charge in [-0.05, 0) is 55.0 Å². The summed E-state index contributed by atoms with van der Waals surface area (Å²) in [6.45, 7) is 3.03. The lowest BCUT2D eigenvalue weighted by atomic mass is 9.96. The minimum absolute atomic E-state index is 0.241. The van der Waals surface area contributed by atoms with Crippen LogP contribution in [0.15, 0.2) is 106 Å². The van der Waals surface area contributed by atoms with Gasteiger partial charge in [-0.2, -0.15) is 5.10 Å². The molecule has 0 saturated heterocycles. The topological polar surface area (TPSA) is 105 Å². The van der Waals surface area contributed by atoms with E-state index in [-0.39, 0.29) is 11.1 Å². The van der Waals surface area contributed by atoms with Gasteiger partial charge >= 0.3 is 11.9 Å². The Morgan fingerprint density at radius 1 is 1.00 bits per heavy atom. The maximum atomic E-state index is 14.1. The van der Waals surface area contributed by atoms with Gasteiger partial charge in [0.05, 0.1) is 34.6 Å². The van der Waals surface area contributed by atoms with E-state index in [0.717, 1.165) is 11.3 Å². The van der Waals surface area contributed by atoms with Gasteiger partial charge in [0.25, 0.3) is 5.56 Å². The Balaban J connectivity index is 1.53. The molecule has 1 aliphatic rings. The number of hydrogen-bond acceptors (Lipinski definition) is 8. The highest BCUT2D eigenvalue weighted by molar-refractivity contribution is 7.07. The molecule has 44 heavy (non-hydrogen) atoms. The fraction of sp³-hybridized carbons (Fsp3) is 0.121. The number of carbonyl (C=O) groups excluding carboxylic acids is 2. The van der Waals surface area contributed by atoms with E-state index in [2.05, 4.69) is 4.99 Å². The normalized spacial score (nSPS) is 14.6. The van der Waals surface area contributed by atoms with Gasteiger partial charge in [-0.3, -0.25) is 14.2 Å². The Morgan fingerprint density at radius 3 is 2.36 bits per heavy atom. The van der Waals surface area contributed by atoms with Gasteiger partial charge in [0.1, 0.15) is 11.4 Å². The number of halogens is 1. The van der Waals surface area contributed by atoms with Crippen molar-refractivity contribution >= 4 is 41.0 Å². The fourth-order valence-corrected chi connectivity index (χ4v) is 6.23. The smallest absolute Gasteiger partial charge is 0.338 e. The van der Waals surface area contributed by atoms with Crippen LogP contribution >= 0.6 is 22.9 Å². The highest BCUT2D eigenvalue weighted by atomic mass is 35.5. The van der Waals surface area contributed by atoms with Gasteiger partial charge in [0.15, 0.2) is 4.80 Å². The van der Waals surface area contributed by atoms with Crippen molar-refractivity contribution < 1.29 is 19.1 Å². The van der Waals surface area contributed by atoms with Crippen molar-refractivity contribution in [3.63, 3.8) is 0 Å². The number of fused-ring (bicyclic) bond motifs is 1. The van der Waals surface area contributed by atoms with Gasteiger partial charge in [-0.25, -0.2) is 14.5 Å². The van der Waals surface area contributed by atoms with Crippen molar-refractivity contribution in [3.8, 4) is 22.7 Å². The van der Waals surface area contributed by atoms with Crippen molar-refractivity contribution in [2.45, 2.75) is 19.9 Å². The third kappa shape index (κ3) is 5.52. The molecule has 0 N–H and O–H groups in total. The second-order valence-electron chi connectivity index (χ2n) is 9.96. The second kappa shape index (κ2) is 11.9. The number of methoxy groups -OCH3 is 1. The van der Waals surface area contributed by atoms with E-state index in [0.29, 0.717) is 42.6 Å². The number of aromatic nitrogens is 3. The summed E-state index contributed by atoms with van der Waals surface area (Å²) in [5, 5.41) is 5.45. The van der Waals surface area contributed by atoms with Crippen LogP contribution in [0.2, 0.25) is 5.02 Å². The molecule has 3 aromatic carbocycles. The molecule has 0 unspecified atom stereocenters. The van der Waals surface area contributed by atoms with E-state index in [1.807, 2.05) is 48.7 Å². The molecule has 1 aliphatic heterocycles. The van der Waals surface area contributed by atoms with Crippen LogP contribution < -0.4 is 19.6 Å². The summed E-state index contributed by atoms with van der Waals surface area (Å²) in [5.74, 6) is -0.701. The SMILES string of the molecule is COC(=O)C1=C(C)N=c2s/c(=C/c3cn(-c4ccccc4)nc3-c3ccc(Cl)cc3)c(=O)n2[C@H]1c1ccc(OC(C)=O)cc1. The summed E-state index contributed by atoms with van der Waals surface area (Å²) < 4.78 is 13.9. The van der Waals surface area contributed by atoms with E-state index in [9.17, 15) is 14.4 Å². The van der Waals surface area contributed by atoms with Crippen LogP contribution in [-0.2, 0) is 14.3 Å². The number of esters is 2. The van der Waals surface area contributed by atoms with Crippen molar-refractivity contribution in [1.82, 2.24) is 14.3 Å². The van der Waals surface area contributed by atoms with Crippen LogP contribution in [0.4, 0.5) is 0 Å². The highest BCUT2D eigenvalue weighted by Gasteiger charge is 2.33. The van der Waals surface area contributed by atoms with Crippen molar-refractivity contribution in [2.75, 3.05) is 7.11 Å². The minimum atomic E-state index is -0.810. The molecule has 220 valence electrons. The predicted molar refractivity (Wildman–Crippen MR) is 168 cm³/mol. The molecule has 1 atom stereocenters. The number of rotatable bonds is 6. The number of allylic oxidation sites excluding steroid dienone is 1. The number of hydrogen-bond donors (Lipinski definition) is 0. The van der Waals surface area contributed by atoms with Gasteiger partial charge in [-0.15, -0.1) is 0 Å². The molecule has 0 spiro atoms. The fourth-order valence-electron chi connectivity index (χ4n) is 5.07. The Labute approximate surface area is 260 Å². The molecule has 0 saturated carbocycles. The number of nitrogens with zero attached hydrogens (tertiary/aromatic N) is 4. The lowest BCUT2D eigenvalue weighted by Crippen LogP contribution is -2.39. The third-order valence-corrected chi connectivity index (χ3v) is 8.29. The number of para-hydroxylation sites is 1. The standard InChI is InChI=1S/C33H25ClN4O5S/c1-19-28(32(41)42-3)30(22-11-15-26(16-12-22)43-20(2)39)38-31(40)27(44-33(38)35-19)17-23-18-37(25-7-5-4-6-8-25)36-29(23)21-9-13-24(34)14-10-21/h4-18,30H,1-3H3/b27-17+/t30-/m0/s1. The highest BCUT2D eigenvalue weighted by Crippen LogP contribution is 2.32. The minimum Gasteiger partial charge on any atom is -0.466 e. The first-order valence-electron chi connectivity index (χ1n) is 13.5. The third-order valence-electron chi connectivity index (χ3n) is 7.05. The van der Waals surface area contributed by atoms with Crippen LogP contribution in [0.25, 0.3) is 23.0 Å². The van der Waals surface area contributed by atoms with Crippen molar-refractivity contribution in [3.05, 3.63) is 132 Å². The summed E-state index contributed by atoms with van der Waals surface area (Å²) in [7, 11) is 1.29. The lowest BCUT2D eigenvalue weighted by Gasteiger charge is -2.24. The molecule has 2 aromatic heterocycles. The second-order valence-corrected chi connectivity index (χ2v) is 11.4. The van der Waals surface area contributed by atoms with E-state index >= 15 is 0 Å². The Bertz CT molecular complexity index is 2110. The molecule has 6 rings (SSSR count). The number of thiazole rings is 1. The van der Waals surface area contributed by atoms with Gasteiger partial charge in [-0.1, -0.05) is 65.4 Å². The maximum absolute atomic E-state index is 14.1. The summed E-state index contributed by atoms with van der Waals surface area (Å²) >= 11 is 7.37. The summed E-state index contributed by atoms with van der Waals surface area (Å²) in [6, 6.07) is 22.9. The van der Waals surface area contributed by atoms with E-state index in [1.165, 1.54) is 29.9 Å². The molecular weight excluding hydrogens is 600 g/mol. The van der Waals surface area contributed by atoms with Crippen LogP contribution in [0.3, 0.4) is 0 Å². The zero-order chi connectivity index (χ0) is 31.0. The molecule has 0 amide bonds. The zero-order valence-electron chi connectivity index (χ0n) is 23.9. The van der Waals surface area contributed by atoms with Crippen LogP contribution in [0.1, 0.15) is 31.0 Å². The van der Waals surface area contributed by atoms with E-state index < -0.39 is 18.0 Å². The average Bonchev–Trinajstić information content (AvgIpc) is 3.57. The molecular formula is C33H25ClN4O5S. The first-order valence-corrected chi connectivity index (χ1v) is 14.7. The number of ether oxygens (including phenoxy) is 2. The number of benzene rings is 3. The van der Waals surface area contributed by atoms with Crippen molar-refractivity contribution in [2.24, 2.45) is 4.99 Å². The Hall–Kier alpha value is -5.06. The first kappa shape index (κ1) is 29.0. The van der Waals surface area contributed by atoms with E-state index in [4.69, 9.17) is 26.2 Å². The average molecular weight is 625 g/mol. The molecule has 5 aromatic rings. The van der Waals surface area contributed by atoms with Gasteiger partial charge in [0, 0.05) is 29.3 Å². The predicted octanol–water partition coefficient (Wildman–Crippen LogP) is 4.84. The largest absolute Gasteiger partial charge is 0.466 e.